The molecule has 3 aliphatic rings. The van der Waals surface area contributed by atoms with Crippen molar-refractivity contribution in [2.75, 3.05) is 13.2 Å². The first-order valence-corrected chi connectivity index (χ1v) is 12.8. The quantitative estimate of drug-likeness (QED) is 0.323. The number of aliphatic imine (C=N–C) groups is 1. The van der Waals surface area contributed by atoms with E-state index in [0.29, 0.717) is 23.0 Å². The largest absolute Gasteiger partial charge is 0.464 e. The zero-order chi connectivity index (χ0) is 25.4. The number of halogens is 2. The van der Waals surface area contributed by atoms with Gasteiger partial charge in [-0.05, 0) is 41.8 Å². The summed E-state index contributed by atoms with van der Waals surface area (Å²) in [5.74, 6) is 0.628. The summed E-state index contributed by atoms with van der Waals surface area (Å²) < 4.78 is 5.13. The Labute approximate surface area is 221 Å². The third kappa shape index (κ3) is 4.22. The summed E-state index contributed by atoms with van der Waals surface area (Å²) in [5, 5.41) is 8.12. The summed E-state index contributed by atoms with van der Waals surface area (Å²) in [5.41, 5.74) is 3.73. The van der Waals surface area contributed by atoms with Crippen LogP contribution in [0.1, 0.15) is 43.7 Å². The number of benzene rings is 2. The van der Waals surface area contributed by atoms with Gasteiger partial charge in [-0.2, -0.15) is 5.10 Å². The lowest BCUT2D eigenvalue weighted by molar-refractivity contribution is -0.141. The third-order valence-corrected chi connectivity index (χ3v) is 7.67. The molecule has 3 aliphatic heterocycles. The Kier molecular flexibility index (Phi) is 6.66. The standard InChI is InChI=1S/C28H28Cl2N4O2/c1-4-18(2)27-28(17-31-25-15-22(30)8-9-23(25)28)24(20-6-5-7-21(29)14-20)16-26-32-33(10-11-34(26)27)12-13-36-19(3)35/h5-11,14-15,17,24,27H,2,4,12-13,16H2,1,3H3. The number of fused-ring (bicyclic) bond motifs is 3. The predicted octanol–water partition coefficient (Wildman–Crippen LogP) is 6.43. The Hall–Kier alpha value is -3.09. The molecule has 0 bridgehead atoms. The molecule has 36 heavy (non-hydrogen) atoms. The molecule has 0 aromatic heterocycles. The van der Waals surface area contributed by atoms with E-state index in [2.05, 4.69) is 42.9 Å². The van der Waals surface area contributed by atoms with Gasteiger partial charge >= 0.3 is 5.97 Å². The van der Waals surface area contributed by atoms with Crippen LogP contribution in [-0.2, 0) is 14.9 Å². The molecule has 0 aliphatic carbocycles. The van der Waals surface area contributed by atoms with Gasteiger partial charge in [0.25, 0.3) is 0 Å². The van der Waals surface area contributed by atoms with E-state index in [4.69, 9.17) is 38.0 Å². The molecule has 0 saturated carbocycles. The lowest BCUT2D eigenvalue weighted by Gasteiger charge is -2.53. The maximum Gasteiger partial charge on any atom is 0.302 e. The summed E-state index contributed by atoms with van der Waals surface area (Å²) in [6.45, 7) is 8.79. The number of amidine groups is 1. The lowest BCUT2D eigenvalue weighted by Crippen LogP contribution is -2.60. The average molecular weight is 523 g/mol. The van der Waals surface area contributed by atoms with Crippen LogP contribution in [0, 0.1) is 0 Å². The molecule has 186 valence electrons. The van der Waals surface area contributed by atoms with Gasteiger partial charge in [-0.3, -0.25) is 14.8 Å². The Morgan fingerprint density at radius 1 is 1.19 bits per heavy atom. The van der Waals surface area contributed by atoms with Gasteiger partial charge in [-0.25, -0.2) is 0 Å². The molecule has 2 aromatic rings. The van der Waals surface area contributed by atoms with E-state index in [-0.39, 0.29) is 24.5 Å². The fraction of sp³-hybridized carbons (Fsp3) is 0.321. The molecule has 0 amide bonds. The number of piperidine rings is 1. The summed E-state index contributed by atoms with van der Waals surface area (Å²) in [6, 6.07) is 13.9. The molecular weight excluding hydrogens is 495 g/mol. The minimum Gasteiger partial charge on any atom is -0.464 e. The molecule has 0 N–H and O–H groups in total. The zero-order valence-electron chi connectivity index (χ0n) is 20.3. The van der Waals surface area contributed by atoms with Crippen LogP contribution in [0.2, 0.25) is 10.0 Å². The normalized spacial score (nSPS) is 23.9. The summed E-state index contributed by atoms with van der Waals surface area (Å²) in [6.07, 6.45) is 7.53. The van der Waals surface area contributed by atoms with Crippen LogP contribution in [0.15, 0.2) is 77.1 Å². The van der Waals surface area contributed by atoms with Crippen LogP contribution in [0.5, 0.6) is 0 Å². The van der Waals surface area contributed by atoms with Gasteiger partial charge in [0.2, 0.25) is 0 Å². The number of carbonyl (C=O) groups is 1. The molecule has 3 heterocycles. The van der Waals surface area contributed by atoms with Crippen LogP contribution in [0.25, 0.3) is 0 Å². The van der Waals surface area contributed by atoms with E-state index in [0.717, 1.165) is 34.6 Å². The minimum atomic E-state index is -0.485. The number of carbonyl (C=O) groups excluding carboxylic acids is 1. The van der Waals surface area contributed by atoms with Crippen molar-refractivity contribution in [2.24, 2.45) is 10.1 Å². The van der Waals surface area contributed by atoms with Gasteiger partial charge in [0, 0.05) is 47.9 Å². The van der Waals surface area contributed by atoms with Gasteiger partial charge in [0.05, 0.1) is 23.7 Å². The van der Waals surface area contributed by atoms with E-state index < -0.39 is 5.41 Å². The SMILES string of the molecule is C=C(CC)C1N2C=CN(CCOC(C)=O)N=C2CC(c2cccc(Cl)c2)C12C=Nc1cc(Cl)ccc12. The van der Waals surface area contributed by atoms with Crippen molar-refractivity contribution < 1.29 is 9.53 Å². The van der Waals surface area contributed by atoms with Crippen LogP contribution in [0.3, 0.4) is 0 Å². The zero-order valence-corrected chi connectivity index (χ0v) is 21.8. The van der Waals surface area contributed by atoms with Crippen molar-refractivity contribution >= 4 is 46.9 Å². The highest BCUT2D eigenvalue weighted by molar-refractivity contribution is 6.31. The molecule has 3 unspecified atom stereocenters. The Morgan fingerprint density at radius 3 is 2.75 bits per heavy atom. The van der Waals surface area contributed by atoms with Crippen LogP contribution in [0.4, 0.5) is 5.69 Å². The maximum absolute atomic E-state index is 11.2. The van der Waals surface area contributed by atoms with E-state index in [1.165, 1.54) is 6.92 Å². The number of nitrogens with zero attached hydrogens (tertiary/aromatic N) is 4. The van der Waals surface area contributed by atoms with Gasteiger partial charge in [-0.15, -0.1) is 0 Å². The van der Waals surface area contributed by atoms with Crippen molar-refractivity contribution in [3.8, 4) is 0 Å². The third-order valence-electron chi connectivity index (χ3n) is 7.20. The Morgan fingerprint density at radius 2 is 2.00 bits per heavy atom. The first-order valence-electron chi connectivity index (χ1n) is 12.1. The van der Waals surface area contributed by atoms with Gasteiger partial charge in [-0.1, -0.05) is 60.5 Å². The number of hydrogen-bond acceptors (Lipinski definition) is 6. The van der Waals surface area contributed by atoms with Crippen LogP contribution in [-0.4, -0.2) is 47.1 Å². The lowest BCUT2D eigenvalue weighted by atomic mass is 9.59. The monoisotopic (exact) mass is 522 g/mol. The van der Waals surface area contributed by atoms with Gasteiger partial charge in [0.1, 0.15) is 12.4 Å². The fourth-order valence-corrected chi connectivity index (χ4v) is 5.96. The maximum atomic E-state index is 11.2. The molecule has 6 nitrogen and oxygen atoms in total. The number of hydrogen-bond donors (Lipinski definition) is 0. The summed E-state index contributed by atoms with van der Waals surface area (Å²) in [4.78, 5) is 18.3. The van der Waals surface area contributed by atoms with Crippen molar-refractivity contribution in [3.63, 3.8) is 0 Å². The minimum absolute atomic E-state index is 0.00694. The molecule has 1 spiro atoms. The topological polar surface area (TPSA) is 57.5 Å². The summed E-state index contributed by atoms with van der Waals surface area (Å²) in [7, 11) is 0. The molecule has 8 heteroatoms. The van der Waals surface area contributed by atoms with Gasteiger partial charge in [0.15, 0.2) is 0 Å². The second kappa shape index (κ2) is 9.75. The number of ether oxygens (including phenoxy) is 1. The van der Waals surface area contributed by atoms with Crippen molar-refractivity contribution in [1.29, 1.82) is 0 Å². The van der Waals surface area contributed by atoms with Crippen molar-refractivity contribution in [2.45, 2.75) is 44.1 Å². The van der Waals surface area contributed by atoms with E-state index >= 15 is 0 Å². The number of rotatable bonds is 6. The smallest absolute Gasteiger partial charge is 0.302 e. The molecule has 1 saturated heterocycles. The van der Waals surface area contributed by atoms with Crippen LogP contribution >= 0.6 is 23.2 Å². The second-order valence-electron chi connectivity index (χ2n) is 9.30. The Bertz CT molecular complexity index is 1300. The number of hydrazone groups is 1. The van der Waals surface area contributed by atoms with E-state index in [1.54, 1.807) is 0 Å². The molecule has 1 fully saturated rings. The van der Waals surface area contributed by atoms with E-state index in [1.807, 2.05) is 41.5 Å². The molecule has 2 aromatic carbocycles. The fourth-order valence-electron chi connectivity index (χ4n) is 5.59. The van der Waals surface area contributed by atoms with E-state index in [9.17, 15) is 4.79 Å². The molecular formula is C28H28Cl2N4O2. The molecule has 0 radical (unpaired) electrons. The summed E-state index contributed by atoms with van der Waals surface area (Å²) >= 11 is 12.8. The highest BCUT2D eigenvalue weighted by Gasteiger charge is 2.56. The highest BCUT2D eigenvalue weighted by atomic mass is 35.5. The number of esters is 1. The highest BCUT2D eigenvalue weighted by Crippen LogP contribution is 2.56. The van der Waals surface area contributed by atoms with Crippen molar-refractivity contribution in [3.05, 3.63) is 88.2 Å². The predicted molar refractivity (Wildman–Crippen MR) is 145 cm³/mol. The van der Waals surface area contributed by atoms with Crippen LogP contribution < -0.4 is 0 Å². The molecule has 5 rings (SSSR count). The first kappa shape index (κ1) is 24.6. The second-order valence-corrected chi connectivity index (χ2v) is 10.2. The molecule has 3 atom stereocenters. The Balaban J connectivity index is 1.64. The first-order chi connectivity index (χ1) is 17.3. The van der Waals surface area contributed by atoms with Crippen molar-refractivity contribution in [1.82, 2.24) is 9.91 Å². The average Bonchev–Trinajstić information content (AvgIpc) is 3.21. The van der Waals surface area contributed by atoms with Gasteiger partial charge < -0.3 is 9.64 Å².